The fourth-order valence-corrected chi connectivity index (χ4v) is 4.04. The third-order valence-corrected chi connectivity index (χ3v) is 6.02. The van der Waals surface area contributed by atoms with Gasteiger partial charge in [0.15, 0.2) is 0 Å². The minimum Gasteiger partial charge on any atom is -0.326 e. The monoisotopic (exact) mass is 530 g/mol. The molecule has 0 aliphatic carbocycles. The first-order chi connectivity index (χ1) is 16.7. The SMILES string of the molecule is O=C(C[C@H]1C(=O)N(c2ccc(F)cc2)C(=S)N1NC(=O)c1ccc(Cl)cc1)Nc1ccc(Cl)cc1. The Morgan fingerprint density at radius 1 is 0.914 bits per heavy atom. The zero-order valence-electron chi connectivity index (χ0n) is 17.9. The standard InChI is InChI=1S/C24H17Cl2FN4O3S/c25-15-3-1-14(2-4-15)22(33)29-31-20(13-21(32)28-18-9-5-16(26)6-10-18)23(34)30(24(31)35)19-11-7-17(27)8-12-19/h1-12,20H,13H2,(H,28,32)(H,29,33)/t20-/m0/s1. The normalized spacial score (nSPS) is 15.3. The van der Waals surface area contributed by atoms with E-state index in [1.165, 1.54) is 41.4 Å². The summed E-state index contributed by atoms with van der Waals surface area (Å²) < 4.78 is 13.4. The maximum atomic E-state index is 13.4. The summed E-state index contributed by atoms with van der Waals surface area (Å²) in [4.78, 5) is 40.1. The highest BCUT2D eigenvalue weighted by molar-refractivity contribution is 7.80. The van der Waals surface area contributed by atoms with Gasteiger partial charge in [0.05, 0.1) is 12.1 Å². The van der Waals surface area contributed by atoms with Crippen LogP contribution in [0.5, 0.6) is 0 Å². The predicted molar refractivity (Wildman–Crippen MR) is 136 cm³/mol. The van der Waals surface area contributed by atoms with Crippen LogP contribution < -0.4 is 15.6 Å². The van der Waals surface area contributed by atoms with Gasteiger partial charge in [0.25, 0.3) is 11.8 Å². The summed E-state index contributed by atoms with van der Waals surface area (Å²) in [6.07, 6.45) is -0.319. The van der Waals surface area contributed by atoms with E-state index in [0.29, 0.717) is 21.4 Å². The van der Waals surface area contributed by atoms with E-state index in [4.69, 9.17) is 35.4 Å². The van der Waals surface area contributed by atoms with Gasteiger partial charge in [0, 0.05) is 21.3 Å². The fourth-order valence-electron chi connectivity index (χ4n) is 3.42. The summed E-state index contributed by atoms with van der Waals surface area (Å²) in [6.45, 7) is 0. The van der Waals surface area contributed by atoms with Crippen molar-refractivity contribution in [2.75, 3.05) is 10.2 Å². The van der Waals surface area contributed by atoms with Crippen molar-refractivity contribution in [3.8, 4) is 0 Å². The van der Waals surface area contributed by atoms with Crippen LogP contribution in [-0.2, 0) is 9.59 Å². The summed E-state index contributed by atoms with van der Waals surface area (Å²) in [6, 6.07) is 16.6. The molecule has 0 radical (unpaired) electrons. The van der Waals surface area contributed by atoms with E-state index in [2.05, 4.69) is 10.7 Å². The smallest absolute Gasteiger partial charge is 0.269 e. The van der Waals surface area contributed by atoms with E-state index < -0.39 is 29.6 Å². The lowest BCUT2D eigenvalue weighted by Crippen LogP contribution is -2.49. The second-order valence-electron chi connectivity index (χ2n) is 7.53. The number of halogens is 3. The van der Waals surface area contributed by atoms with Gasteiger partial charge in [-0.1, -0.05) is 23.2 Å². The molecule has 3 amide bonds. The van der Waals surface area contributed by atoms with Crippen LogP contribution in [0.3, 0.4) is 0 Å². The van der Waals surface area contributed by atoms with Crippen molar-refractivity contribution in [3.63, 3.8) is 0 Å². The molecule has 0 bridgehead atoms. The number of rotatable bonds is 6. The molecule has 7 nitrogen and oxygen atoms in total. The number of anilines is 2. The molecule has 11 heteroatoms. The molecule has 1 aliphatic heterocycles. The first-order valence-electron chi connectivity index (χ1n) is 10.3. The average Bonchev–Trinajstić information content (AvgIpc) is 3.05. The Morgan fingerprint density at radius 2 is 1.49 bits per heavy atom. The minimum absolute atomic E-state index is 0.0618. The van der Waals surface area contributed by atoms with Crippen LogP contribution in [0.25, 0.3) is 0 Å². The second-order valence-corrected chi connectivity index (χ2v) is 8.76. The van der Waals surface area contributed by atoms with Gasteiger partial charge in [-0.2, -0.15) is 0 Å². The highest BCUT2D eigenvalue weighted by Gasteiger charge is 2.45. The number of nitrogens with zero attached hydrogens (tertiary/aromatic N) is 2. The maximum Gasteiger partial charge on any atom is 0.269 e. The molecule has 1 fully saturated rings. The lowest BCUT2D eigenvalue weighted by atomic mass is 10.1. The lowest BCUT2D eigenvalue weighted by Gasteiger charge is -2.24. The molecule has 1 heterocycles. The Bertz CT molecular complexity index is 1290. The van der Waals surface area contributed by atoms with Gasteiger partial charge in [-0.15, -0.1) is 0 Å². The number of hydrazine groups is 1. The van der Waals surface area contributed by atoms with Crippen molar-refractivity contribution in [1.29, 1.82) is 0 Å². The molecule has 4 rings (SSSR count). The van der Waals surface area contributed by atoms with Crippen molar-refractivity contribution in [1.82, 2.24) is 10.4 Å². The third-order valence-electron chi connectivity index (χ3n) is 5.13. The Hall–Kier alpha value is -3.53. The molecular weight excluding hydrogens is 514 g/mol. The topological polar surface area (TPSA) is 81.8 Å². The van der Waals surface area contributed by atoms with Crippen LogP contribution in [0.4, 0.5) is 15.8 Å². The number of nitrogens with one attached hydrogen (secondary N) is 2. The van der Waals surface area contributed by atoms with E-state index in [-0.39, 0.29) is 17.1 Å². The summed E-state index contributed by atoms with van der Waals surface area (Å²) >= 11 is 17.2. The number of hydrogen-bond donors (Lipinski definition) is 2. The molecule has 1 saturated heterocycles. The number of hydrogen-bond acceptors (Lipinski definition) is 4. The highest BCUT2D eigenvalue weighted by Crippen LogP contribution is 2.27. The Morgan fingerprint density at radius 3 is 2.09 bits per heavy atom. The van der Waals surface area contributed by atoms with Crippen molar-refractivity contribution >= 4 is 69.6 Å². The van der Waals surface area contributed by atoms with Crippen molar-refractivity contribution in [2.45, 2.75) is 12.5 Å². The van der Waals surface area contributed by atoms with Crippen LogP contribution in [-0.4, -0.2) is 33.9 Å². The molecule has 3 aromatic carbocycles. The predicted octanol–water partition coefficient (Wildman–Crippen LogP) is 4.81. The van der Waals surface area contributed by atoms with Crippen LogP contribution in [0, 0.1) is 5.82 Å². The lowest BCUT2D eigenvalue weighted by molar-refractivity contribution is -0.124. The molecule has 0 aromatic heterocycles. The fraction of sp³-hybridized carbons (Fsp3) is 0.0833. The van der Waals surface area contributed by atoms with Gasteiger partial charge in [-0.05, 0) is 85.0 Å². The van der Waals surface area contributed by atoms with Gasteiger partial charge in [0.1, 0.15) is 11.9 Å². The van der Waals surface area contributed by atoms with Gasteiger partial charge in [0.2, 0.25) is 11.0 Å². The Kier molecular flexibility index (Phi) is 7.30. The largest absolute Gasteiger partial charge is 0.326 e. The van der Waals surface area contributed by atoms with Crippen molar-refractivity contribution in [2.24, 2.45) is 0 Å². The molecule has 3 aromatic rings. The molecule has 1 aliphatic rings. The number of benzene rings is 3. The van der Waals surface area contributed by atoms with E-state index in [9.17, 15) is 18.8 Å². The van der Waals surface area contributed by atoms with Crippen LogP contribution in [0.15, 0.2) is 72.8 Å². The molecule has 0 unspecified atom stereocenters. The molecule has 1 atom stereocenters. The molecular formula is C24H17Cl2FN4O3S. The third kappa shape index (κ3) is 5.59. The van der Waals surface area contributed by atoms with Crippen molar-refractivity contribution < 1.29 is 18.8 Å². The number of carbonyl (C=O) groups excluding carboxylic acids is 3. The number of amides is 3. The molecule has 178 valence electrons. The quantitative estimate of drug-likeness (QED) is 0.447. The van der Waals surface area contributed by atoms with Crippen molar-refractivity contribution in [3.05, 3.63) is 94.2 Å². The Balaban J connectivity index is 1.59. The Labute approximate surface area is 215 Å². The van der Waals surface area contributed by atoms with E-state index in [1.54, 1.807) is 36.4 Å². The summed E-state index contributed by atoms with van der Waals surface area (Å²) in [7, 11) is 0. The first-order valence-corrected chi connectivity index (χ1v) is 11.4. The average molecular weight is 531 g/mol. The number of carbonyl (C=O) groups is 3. The van der Waals surface area contributed by atoms with Gasteiger partial charge >= 0.3 is 0 Å². The molecule has 0 saturated carbocycles. The van der Waals surface area contributed by atoms with E-state index >= 15 is 0 Å². The van der Waals surface area contributed by atoms with Crippen LogP contribution >= 0.6 is 35.4 Å². The molecule has 0 spiro atoms. The van der Waals surface area contributed by atoms with Gasteiger partial charge < -0.3 is 5.32 Å². The van der Waals surface area contributed by atoms with Gasteiger partial charge in [-0.25, -0.2) is 9.40 Å². The van der Waals surface area contributed by atoms with E-state index in [1.807, 2.05) is 0 Å². The molecule has 35 heavy (non-hydrogen) atoms. The zero-order chi connectivity index (χ0) is 25.1. The summed E-state index contributed by atoms with van der Waals surface area (Å²) in [5.74, 6) is -2.08. The zero-order valence-corrected chi connectivity index (χ0v) is 20.2. The van der Waals surface area contributed by atoms with E-state index in [0.717, 1.165) is 4.90 Å². The highest BCUT2D eigenvalue weighted by atomic mass is 35.5. The van der Waals surface area contributed by atoms with Crippen LogP contribution in [0.2, 0.25) is 10.0 Å². The molecule has 2 N–H and O–H groups in total. The minimum atomic E-state index is -1.14. The summed E-state index contributed by atoms with van der Waals surface area (Å²) in [5, 5.41) is 4.75. The maximum absolute atomic E-state index is 13.4. The van der Waals surface area contributed by atoms with Gasteiger partial charge in [-0.3, -0.25) is 24.7 Å². The first kappa shape index (κ1) is 24.6. The number of thiocarbonyl (C=S) groups is 1. The second kappa shape index (κ2) is 10.4. The summed E-state index contributed by atoms with van der Waals surface area (Å²) in [5.41, 5.74) is 3.67. The van der Waals surface area contributed by atoms with Crippen LogP contribution in [0.1, 0.15) is 16.8 Å².